The molecule has 0 atom stereocenters. The van der Waals surface area contributed by atoms with Gasteiger partial charge in [-0.1, -0.05) is 0 Å². The van der Waals surface area contributed by atoms with Gasteiger partial charge in [0.2, 0.25) is 17.8 Å². The van der Waals surface area contributed by atoms with E-state index in [2.05, 4.69) is 35.5 Å². The van der Waals surface area contributed by atoms with Gasteiger partial charge in [0.15, 0.2) is 0 Å². The molecule has 2 radical (unpaired) electrons. The van der Waals surface area contributed by atoms with E-state index in [9.17, 15) is 4.39 Å². The van der Waals surface area contributed by atoms with E-state index >= 15 is 0 Å². The van der Waals surface area contributed by atoms with Crippen molar-refractivity contribution in [1.29, 1.82) is 0 Å². The van der Waals surface area contributed by atoms with Crippen molar-refractivity contribution in [2.45, 2.75) is 0 Å². The molecule has 2 aromatic rings. The zero-order valence-corrected chi connectivity index (χ0v) is 31.8. The van der Waals surface area contributed by atoms with Crippen molar-refractivity contribution in [3.63, 3.8) is 0 Å². The zero-order valence-electron chi connectivity index (χ0n) is 22.3. The van der Waals surface area contributed by atoms with Crippen LogP contribution in [-0.2, 0) is 0 Å². The van der Waals surface area contributed by atoms with Crippen LogP contribution < -0.4 is 24.5 Å². The fourth-order valence-electron chi connectivity index (χ4n) is 3.39. The van der Waals surface area contributed by atoms with E-state index in [0.29, 0.717) is 11.8 Å². The SMILES string of the molecule is CN(C)c1cc(F)nc(N2CC[N-]CC2)n1.CN(C)c1cc(N(C)C)nc(N2CC[N-]CC2)n1.[Ac].[Ac]. The third-order valence-electron chi connectivity index (χ3n) is 5.41. The molecule has 0 bridgehead atoms. The van der Waals surface area contributed by atoms with Gasteiger partial charge in [0.25, 0.3) is 0 Å². The molecule has 2 saturated heterocycles. The predicted octanol–water partition coefficient (Wildman–Crippen LogP) is 1.68. The van der Waals surface area contributed by atoms with E-state index in [1.165, 1.54) is 6.07 Å². The molecular formula is C22H36Ac2FN11-2. The van der Waals surface area contributed by atoms with Crippen LogP contribution in [0.4, 0.5) is 33.7 Å². The molecule has 0 aliphatic carbocycles. The molecule has 0 N–H and O–H groups in total. The second-order valence-corrected chi connectivity index (χ2v) is 8.73. The Balaban J connectivity index is 0.000000343. The molecule has 36 heavy (non-hydrogen) atoms. The monoisotopic (exact) mass is 927 g/mol. The van der Waals surface area contributed by atoms with Gasteiger partial charge >= 0.3 is 0 Å². The van der Waals surface area contributed by atoms with E-state index in [-0.39, 0.29) is 88.1 Å². The average molecular weight is 928 g/mol. The van der Waals surface area contributed by atoms with Crippen molar-refractivity contribution < 1.29 is 92.5 Å². The van der Waals surface area contributed by atoms with Crippen LogP contribution in [0.25, 0.3) is 10.6 Å². The van der Waals surface area contributed by atoms with Gasteiger partial charge in [0.1, 0.15) is 17.5 Å². The Kier molecular flexibility index (Phi) is 15.8. The quantitative estimate of drug-likeness (QED) is 0.416. The number of rotatable bonds is 5. The Morgan fingerprint density at radius 1 is 0.611 bits per heavy atom. The zero-order chi connectivity index (χ0) is 24.7. The molecule has 0 saturated carbocycles. The minimum absolute atomic E-state index is 0. The first kappa shape index (κ1) is 33.9. The summed E-state index contributed by atoms with van der Waals surface area (Å²) in [6.45, 7) is 6.59. The van der Waals surface area contributed by atoms with E-state index in [1.807, 2.05) is 63.1 Å². The molecular weight excluding hydrogens is 891 g/mol. The van der Waals surface area contributed by atoms with Crippen LogP contribution in [0.1, 0.15) is 0 Å². The van der Waals surface area contributed by atoms with E-state index < -0.39 is 5.95 Å². The van der Waals surface area contributed by atoms with Gasteiger partial charge in [-0.25, -0.2) is 0 Å². The van der Waals surface area contributed by atoms with Gasteiger partial charge < -0.3 is 35.1 Å². The molecule has 2 aliphatic heterocycles. The molecule has 4 heterocycles. The summed E-state index contributed by atoms with van der Waals surface area (Å²) in [5.74, 6) is 3.23. The van der Waals surface area contributed by atoms with Crippen molar-refractivity contribution in [2.24, 2.45) is 0 Å². The Hall–Kier alpha value is -0.107. The largest absolute Gasteiger partial charge is 0.659 e. The number of halogens is 1. The third kappa shape index (κ3) is 10.2. The summed E-state index contributed by atoms with van der Waals surface area (Å²) >= 11 is 0. The number of hydrogen-bond acceptors (Lipinski definition) is 9. The fraction of sp³-hybridized carbons (Fsp3) is 0.636. The number of hydrogen-bond donors (Lipinski definition) is 0. The second kappa shape index (κ2) is 16.8. The molecule has 0 aromatic carbocycles. The normalized spacial score (nSPS) is 15.1. The molecule has 2 aliphatic rings. The summed E-state index contributed by atoms with van der Waals surface area (Å²) in [6, 6.07) is 3.33. The molecule has 11 nitrogen and oxygen atoms in total. The van der Waals surface area contributed by atoms with E-state index in [4.69, 9.17) is 0 Å². The molecule has 14 heteroatoms. The summed E-state index contributed by atoms with van der Waals surface area (Å²) in [5, 5.41) is 8.58. The van der Waals surface area contributed by atoms with Gasteiger partial charge in [0, 0.05) is 169 Å². The van der Waals surface area contributed by atoms with Gasteiger partial charge in [-0.15, -0.1) is 26.2 Å². The Morgan fingerprint density at radius 2 is 0.944 bits per heavy atom. The van der Waals surface area contributed by atoms with Crippen molar-refractivity contribution in [3.8, 4) is 0 Å². The first-order chi connectivity index (χ1) is 16.2. The minimum Gasteiger partial charge on any atom is -0.659 e. The van der Waals surface area contributed by atoms with Crippen molar-refractivity contribution in [2.75, 3.05) is 119 Å². The van der Waals surface area contributed by atoms with Crippen molar-refractivity contribution >= 4 is 29.4 Å². The summed E-state index contributed by atoms with van der Waals surface area (Å²) in [4.78, 5) is 27.3. The van der Waals surface area contributed by atoms with Gasteiger partial charge in [-0.2, -0.15) is 24.3 Å². The maximum atomic E-state index is 13.3. The van der Waals surface area contributed by atoms with Crippen LogP contribution in [0, 0.1) is 94.1 Å². The third-order valence-corrected chi connectivity index (χ3v) is 5.41. The second-order valence-electron chi connectivity index (χ2n) is 8.73. The maximum absolute atomic E-state index is 13.3. The van der Waals surface area contributed by atoms with Crippen molar-refractivity contribution in [1.82, 2.24) is 19.9 Å². The standard InChI is InChI=1S/C12H21N6.C10H15FN5.2Ac/c1-16(2)10-9-11(17(3)4)15-12(14-10)18-7-5-13-6-8-18;1-15(2)9-7-8(11)13-10(14-9)16-5-3-12-4-6-16;;/h9H,5-8H2,1-4H3;7H,3-6H2,1-2H3;;/q2*-1;;. The Bertz CT molecular complexity index is 895. The smallest absolute Gasteiger partial charge is 0.229 e. The minimum atomic E-state index is -0.490. The average Bonchev–Trinajstić information content (AvgIpc) is 2.84. The van der Waals surface area contributed by atoms with E-state index in [0.717, 1.165) is 69.9 Å². The van der Waals surface area contributed by atoms with Crippen molar-refractivity contribution in [3.05, 3.63) is 28.7 Å². The number of anilines is 5. The summed E-state index contributed by atoms with van der Waals surface area (Å²) in [7, 11) is 11.6. The topological polar surface area (TPSA) is 96.0 Å². The number of piperazine rings is 2. The Morgan fingerprint density at radius 3 is 1.31 bits per heavy atom. The molecule has 4 rings (SSSR count). The predicted molar refractivity (Wildman–Crippen MR) is 138 cm³/mol. The first-order valence-corrected chi connectivity index (χ1v) is 11.5. The molecule has 2 fully saturated rings. The van der Waals surface area contributed by atoms with Crippen LogP contribution >= 0.6 is 0 Å². The fourth-order valence-corrected chi connectivity index (χ4v) is 3.39. The number of nitrogens with zero attached hydrogens (tertiary/aromatic N) is 11. The summed E-state index contributed by atoms with van der Waals surface area (Å²) in [5.41, 5.74) is 0. The van der Waals surface area contributed by atoms with Crippen LogP contribution in [0.3, 0.4) is 0 Å². The van der Waals surface area contributed by atoms with E-state index in [1.54, 1.807) is 4.90 Å². The first-order valence-electron chi connectivity index (χ1n) is 11.5. The maximum Gasteiger partial charge on any atom is 0.229 e. The number of aromatic nitrogens is 4. The molecule has 0 unspecified atom stereocenters. The van der Waals surface area contributed by atoms with Gasteiger partial charge in [-0.3, -0.25) is 0 Å². The molecule has 2 aromatic heterocycles. The summed E-state index contributed by atoms with van der Waals surface area (Å²) in [6.07, 6.45) is 0. The molecule has 194 valence electrons. The van der Waals surface area contributed by atoms with Crippen LogP contribution in [0.5, 0.6) is 0 Å². The van der Waals surface area contributed by atoms with Crippen LogP contribution in [0.2, 0.25) is 0 Å². The van der Waals surface area contributed by atoms with Crippen LogP contribution in [0.15, 0.2) is 12.1 Å². The van der Waals surface area contributed by atoms with Crippen LogP contribution in [-0.4, -0.2) is 115 Å². The molecule has 0 spiro atoms. The molecule has 0 amide bonds. The summed E-state index contributed by atoms with van der Waals surface area (Å²) < 4.78 is 13.3. The Labute approximate surface area is 286 Å². The van der Waals surface area contributed by atoms with Gasteiger partial charge in [0.05, 0.1) is 0 Å². The van der Waals surface area contributed by atoms with Gasteiger partial charge in [-0.05, 0) is 0 Å².